The van der Waals surface area contributed by atoms with Gasteiger partial charge in [0, 0.05) is 43.8 Å². The Kier molecular flexibility index (Phi) is 6.52. The number of benzene rings is 1. The standard InChI is InChI=1S/C18H18ClNO6/c1-10(21)25-5-3-12-7-14-16(8-13(12)4-6-26-11(2)22)20-9-15(17(14)23)18(19)24/h7-9H,3-6H2,1-2H3,(H,20,23). The monoisotopic (exact) mass is 379 g/mol. The van der Waals surface area contributed by atoms with Crippen LogP contribution < -0.4 is 5.43 Å². The van der Waals surface area contributed by atoms with Crippen LogP contribution in [0.3, 0.4) is 0 Å². The number of ether oxygens (including phenoxy) is 2. The van der Waals surface area contributed by atoms with Gasteiger partial charge in [0.05, 0.1) is 18.8 Å². The molecule has 1 N–H and O–H groups in total. The predicted octanol–water partition coefficient (Wildman–Crippen LogP) is 2.12. The maximum absolute atomic E-state index is 12.4. The fraction of sp³-hybridized carbons (Fsp3) is 0.333. The van der Waals surface area contributed by atoms with Crippen LogP contribution in [0.25, 0.3) is 10.9 Å². The van der Waals surface area contributed by atoms with Gasteiger partial charge in [0.2, 0.25) is 5.43 Å². The number of rotatable bonds is 7. The highest BCUT2D eigenvalue weighted by atomic mass is 35.5. The van der Waals surface area contributed by atoms with Crippen LogP contribution in [0.1, 0.15) is 35.3 Å². The smallest absolute Gasteiger partial charge is 0.302 e. The van der Waals surface area contributed by atoms with E-state index in [1.54, 1.807) is 12.1 Å². The van der Waals surface area contributed by atoms with Gasteiger partial charge in [-0.1, -0.05) is 0 Å². The van der Waals surface area contributed by atoms with Crippen LogP contribution in [0.15, 0.2) is 23.1 Å². The normalized spacial score (nSPS) is 10.6. The third-order valence-electron chi connectivity index (χ3n) is 3.77. The van der Waals surface area contributed by atoms with Crippen molar-refractivity contribution in [1.82, 2.24) is 4.98 Å². The van der Waals surface area contributed by atoms with E-state index in [9.17, 15) is 19.2 Å². The molecule has 1 aromatic carbocycles. The van der Waals surface area contributed by atoms with Crippen molar-refractivity contribution in [3.8, 4) is 0 Å². The summed E-state index contributed by atoms with van der Waals surface area (Å²) < 4.78 is 9.93. The number of carbonyl (C=O) groups is 3. The van der Waals surface area contributed by atoms with E-state index in [0.29, 0.717) is 23.7 Å². The van der Waals surface area contributed by atoms with E-state index in [2.05, 4.69) is 4.98 Å². The van der Waals surface area contributed by atoms with Gasteiger partial charge in [-0.05, 0) is 34.9 Å². The van der Waals surface area contributed by atoms with E-state index >= 15 is 0 Å². The minimum Gasteiger partial charge on any atom is -0.466 e. The van der Waals surface area contributed by atoms with E-state index in [-0.39, 0.29) is 24.7 Å². The lowest BCUT2D eigenvalue weighted by Crippen LogP contribution is -2.14. The predicted molar refractivity (Wildman–Crippen MR) is 95.4 cm³/mol. The Morgan fingerprint density at radius 1 is 1.00 bits per heavy atom. The van der Waals surface area contributed by atoms with Crippen LogP contribution in [0.4, 0.5) is 0 Å². The molecule has 138 valence electrons. The van der Waals surface area contributed by atoms with E-state index in [0.717, 1.165) is 11.1 Å². The lowest BCUT2D eigenvalue weighted by Gasteiger charge is -2.12. The molecule has 0 unspecified atom stereocenters. The van der Waals surface area contributed by atoms with Crippen LogP contribution >= 0.6 is 11.6 Å². The molecule has 2 rings (SSSR count). The summed E-state index contributed by atoms with van der Waals surface area (Å²) in [6.07, 6.45) is 2.08. The first kappa shape index (κ1) is 19.7. The minimum absolute atomic E-state index is 0.141. The third-order valence-corrected chi connectivity index (χ3v) is 3.97. The molecule has 0 aliphatic rings. The van der Waals surface area contributed by atoms with Crippen LogP contribution in [0.2, 0.25) is 0 Å². The molecule has 26 heavy (non-hydrogen) atoms. The second-order valence-corrected chi connectivity index (χ2v) is 6.00. The number of fused-ring (bicyclic) bond motifs is 1. The van der Waals surface area contributed by atoms with Gasteiger partial charge in [-0.2, -0.15) is 0 Å². The average Bonchev–Trinajstić information content (AvgIpc) is 2.54. The maximum Gasteiger partial charge on any atom is 0.302 e. The fourth-order valence-corrected chi connectivity index (χ4v) is 2.72. The summed E-state index contributed by atoms with van der Waals surface area (Å²) in [4.78, 5) is 48.6. The molecule has 7 nitrogen and oxygen atoms in total. The Balaban J connectivity index is 2.43. The molecule has 0 aliphatic carbocycles. The van der Waals surface area contributed by atoms with Gasteiger partial charge >= 0.3 is 11.9 Å². The Hall–Kier alpha value is -2.67. The zero-order valence-electron chi connectivity index (χ0n) is 14.4. The maximum atomic E-state index is 12.4. The number of hydrogen-bond donors (Lipinski definition) is 1. The topological polar surface area (TPSA) is 103 Å². The second-order valence-electron chi connectivity index (χ2n) is 5.65. The van der Waals surface area contributed by atoms with Crippen molar-refractivity contribution in [2.45, 2.75) is 26.7 Å². The van der Waals surface area contributed by atoms with Gasteiger partial charge in [-0.15, -0.1) is 0 Å². The Morgan fingerprint density at radius 2 is 1.54 bits per heavy atom. The molecular weight excluding hydrogens is 362 g/mol. The number of halogens is 1. The minimum atomic E-state index is -0.839. The molecule has 1 heterocycles. The molecule has 0 saturated carbocycles. The van der Waals surface area contributed by atoms with Crippen molar-refractivity contribution in [3.63, 3.8) is 0 Å². The molecule has 0 saturated heterocycles. The lowest BCUT2D eigenvalue weighted by molar-refractivity contribution is -0.141. The summed E-state index contributed by atoms with van der Waals surface area (Å²) in [6.45, 7) is 2.96. The van der Waals surface area contributed by atoms with Crippen LogP contribution in [0.5, 0.6) is 0 Å². The van der Waals surface area contributed by atoms with Crippen molar-refractivity contribution in [2.24, 2.45) is 0 Å². The third kappa shape index (κ3) is 4.92. The summed E-state index contributed by atoms with van der Waals surface area (Å²) in [5.41, 5.74) is 1.52. The average molecular weight is 380 g/mol. The molecule has 0 atom stereocenters. The summed E-state index contributed by atoms with van der Waals surface area (Å²) in [7, 11) is 0. The quantitative estimate of drug-likeness (QED) is 0.584. The number of aromatic nitrogens is 1. The first-order valence-electron chi connectivity index (χ1n) is 7.93. The number of esters is 2. The summed E-state index contributed by atoms with van der Waals surface area (Å²) >= 11 is 5.43. The molecule has 0 fully saturated rings. The van der Waals surface area contributed by atoms with Gasteiger partial charge in [0.15, 0.2) is 0 Å². The fourth-order valence-electron chi connectivity index (χ4n) is 2.58. The highest BCUT2D eigenvalue weighted by molar-refractivity contribution is 6.67. The van der Waals surface area contributed by atoms with E-state index in [4.69, 9.17) is 21.1 Å². The Bertz CT molecular complexity index is 918. The number of aromatic amines is 1. The van der Waals surface area contributed by atoms with Crippen molar-refractivity contribution in [1.29, 1.82) is 0 Å². The van der Waals surface area contributed by atoms with E-state index < -0.39 is 16.6 Å². The van der Waals surface area contributed by atoms with Gasteiger partial charge < -0.3 is 14.5 Å². The molecule has 0 radical (unpaired) electrons. The number of carbonyl (C=O) groups excluding carboxylic acids is 3. The summed E-state index contributed by atoms with van der Waals surface area (Å²) in [6, 6.07) is 3.40. The van der Waals surface area contributed by atoms with E-state index in [1.165, 1.54) is 20.0 Å². The Labute approximate surface area is 154 Å². The van der Waals surface area contributed by atoms with Gasteiger partial charge in [0.1, 0.15) is 0 Å². The van der Waals surface area contributed by atoms with Crippen LogP contribution in [-0.4, -0.2) is 35.4 Å². The van der Waals surface area contributed by atoms with Gasteiger partial charge in [-0.25, -0.2) is 0 Å². The van der Waals surface area contributed by atoms with Crippen molar-refractivity contribution in [3.05, 3.63) is 45.2 Å². The zero-order valence-corrected chi connectivity index (χ0v) is 15.1. The second kappa shape index (κ2) is 8.62. The number of pyridine rings is 1. The number of H-pyrrole nitrogens is 1. The largest absolute Gasteiger partial charge is 0.466 e. The number of nitrogens with one attached hydrogen (secondary N) is 1. The molecule has 0 bridgehead atoms. The van der Waals surface area contributed by atoms with Gasteiger partial charge in [-0.3, -0.25) is 19.2 Å². The highest BCUT2D eigenvalue weighted by Gasteiger charge is 2.14. The molecule has 8 heteroatoms. The number of hydrogen-bond acceptors (Lipinski definition) is 6. The van der Waals surface area contributed by atoms with Crippen LogP contribution in [0, 0.1) is 0 Å². The molecular formula is C18H18ClNO6. The van der Waals surface area contributed by atoms with Crippen molar-refractivity contribution >= 4 is 39.7 Å². The molecule has 1 aromatic heterocycles. The van der Waals surface area contributed by atoms with E-state index in [1.807, 2.05) is 0 Å². The highest BCUT2D eigenvalue weighted by Crippen LogP contribution is 2.19. The molecule has 0 aliphatic heterocycles. The molecule has 0 spiro atoms. The Morgan fingerprint density at radius 3 is 2.04 bits per heavy atom. The first-order chi connectivity index (χ1) is 12.3. The molecule has 0 amide bonds. The van der Waals surface area contributed by atoms with Crippen molar-refractivity contribution in [2.75, 3.05) is 13.2 Å². The van der Waals surface area contributed by atoms with Crippen molar-refractivity contribution < 1.29 is 23.9 Å². The van der Waals surface area contributed by atoms with Crippen LogP contribution in [-0.2, 0) is 31.9 Å². The lowest BCUT2D eigenvalue weighted by atomic mass is 9.98. The zero-order chi connectivity index (χ0) is 19.3. The van der Waals surface area contributed by atoms with Gasteiger partial charge in [0.25, 0.3) is 5.24 Å². The SMILES string of the molecule is CC(=O)OCCc1cc2[nH]cc(C(=O)Cl)c(=O)c2cc1CCOC(C)=O. The summed E-state index contributed by atoms with van der Waals surface area (Å²) in [5, 5.41) is -0.529. The molecule has 2 aromatic rings. The first-order valence-corrected chi connectivity index (χ1v) is 8.31. The summed E-state index contributed by atoms with van der Waals surface area (Å²) in [5.74, 6) is -0.786.